The fourth-order valence-corrected chi connectivity index (χ4v) is 2.35. The van der Waals surface area contributed by atoms with Crippen LogP contribution in [0, 0.1) is 5.92 Å². The van der Waals surface area contributed by atoms with Gasteiger partial charge in [0.2, 0.25) is 0 Å². The van der Waals surface area contributed by atoms with Gasteiger partial charge in [-0.15, -0.1) is 0 Å². The maximum absolute atomic E-state index is 10.7. The van der Waals surface area contributed by atoms with Crippen molar-refractivity contribution in [2.45, 2.75) is 25.7 Å². The molecule has 6 heteroatoms. The van der Waals surface area contributed by atoms with Crippen molar-refractivity contribution in [1.82, 2.24) is 4.81 Å². The van der Waals surface area contributed by atoms with Crippen LogP contribution in [0.3, 0.4) is 0 Å². The van der Waals surface area contributed by atoms with E-state index in [9.17, 15) is 8.42 Å². The van der Waals surface area contributed by atoms with E-state index in [-0.39, 0.29) is 0 Å². The van der Waals surface area contributed by atoms with E-state index in [1.54, 1.807) is 0 Å². The van der Waals surface area contributed by atoms with E-state index in [4.69, 9.17) is 4.18 Å². The molecule has 4 nitrogen and oxygen atoms in total. The van der Waals surface area contributed by atoms with E-state index in [0.29, 0.717) is 6.61 Å². The normalized spacial score (nSPS) is 20.6. The minimum atomic E-state index is -3.24. The lowest BCUT2D eigenvalue weighted by Gasteiger charge is -2.29. The Morgan fingerprint density at radius 1 is 1.40 bits per heavy atom. The van der Waals surface area contributed by atoms with Gasteiger partial charge in [-0.2, -0.15) is 8.42 Å². The van der Waals surface area contributed by atoms with Crippen LogP contribution < -0.4 is 0 Å². The molecule has 88 valence electrons. The smallest absolute Gasteiger partial charge is 0.264 e. The molecule has 0 aromatic rings. The third kappa shape index (κ3) is 6.17. The molecule has 1 aliphatic rings. The van der Waals surface area contributed by atoms with Crippen molar-refractivity contribution in [2.24, 2.45) is 5.92 Å². The molecule has 0 spiro atoms. The van der Waals surface area contributed by atoms with Gasteiger partial charge in [-0.05, 0) is 44.7 Å². The number of piperidine rings is 1. The Hall–Kier alpha value is -0.0651. The lowest BCUT2D eigenvalue weighted by molar-refractivity contribution is 0.245. The molecule has 0 aliphatic carbocycles. The van der Waals surface area contributed by atoms with Crippen molar-refractivity contribution < 1.29 is 12.6 Å². The Morgan fingerprint density at radius 2 is 2.00 bits per heavy atom. The predicted octanol–water partition coefficient (Wildman–Crippen LogP) is 0.00290. The second kappa shape index (κ2) is 5.87. The molecule has 1 saturated heterocycles. The highest BCUT2D eigenvalue weighted by Crippen LogP contribution is 2.20. The first-order valence-corrected chi connectivity index (χ1v) is 7.32. The van der Waals surface area contributed by atoms with Crippen LogP contribution in [0.2, 0.25) is 0 Å². The van der Waals surface area contributed by atoms with E-state index in [0.717, 1.165) is 38.1 Å². The molecular formula is C9H20BNO3S. The predicted molar refractivity (Wildman–Crippen MR) is 62.9 cm³/mol. The SMILES string of the molecule is BN1CCC(CCCOS(C)(=O)=O)CC1. The van der Waals surface area contributed by atoms with Gasteiger partial charge in [-0.3, -0.25) is 4.18 Å². The monoisotopic (exact) mass is 233 g/mol. The zero-order valence-electron chi connectivity index (χ0n) is 9.61. The molecule has 0 radical (unpaired) electrons. The minimum Gasteiger partial charge on any atom is -0.349 e. The number of rotatable bonds is 5. The van der Waals surface area contributed by atoms with Crippen LogP contribution in [0.15, 0.2) is 0 Å². The first-order valence-electron chi connectivity index (χ1n) is 5.50. The van der Waals surface area contributed by atoms with Gasteiger partial charge in [0.25, 0.3) is 10.1 Å². The molecule has 0 amide bonds. The highest BCUT2D eigenvalue weighted by atomic mass is 32.2. The average Bonchev–Trinajstić information content (AvgIpc) is 2.14. The van der Waals surface area contributed by atoms with Crippen LogP contribution in [0.25, 0.3) is 0 Å². The zero-order chi connectivity index (χ0) is 11.3. The van der Waals surface area contributed by atoms with Crippen molar-refractivity contribution in [1.29, 1.82) is 0 Å². The van der Waals surface area contributed by atoms with Gasteiger partial charge in [0.1, 0.15) is 0 Å². The summed E-state index contributed by atoms with van der Waals surface area (Å²) in [5, 5.41) is 0. The van der Waals surface area contributed by atoms with Crippen molar-refractivity contribution in [3.63, 3.8) is 0 Å². The molecule has 1 heterocycles. The molecule has 0 bridgehead atoms. The minimum absolute atomic E-state index is 0.338. The second-order valence-corrected chi connectivity index (χ2v) is 6.06. The molecule has 0 N–H and O–H groups in total. The quantitative estimate of drug-likeness (QED) is 0.381. The molecule has 0 aromatic carbocycles. The van der Waals surface area contributed by atoms with Gasteiger partial charge in [-0.1, -0.05) is 0 Å². The summed E-state index contributed by atoms with van der Waals surface area (Å²) in [5.74, 6) is 0.754. The van der Waals surface area contributed by atoms with Crippen LogP contribution in [0.1, 0.15) is 25.7 Å². The van der Waals surface area contributed by atoms with Crippen LogP contribution in [0.4, 0.5) is 0 Å². The third-order valence-electron chi connectivity index (χ3n) is 2.89. The molecule has 15 heavy (non-hydrogen) atoms. The Labute approximate surface area is 93.5 Å². The second-order valence-electron chi connectivity index (χ2n) is 4.41. The van der Waals surface area contributed by atoms with Crippen molar-refractivity contribution >= 4 is 18.1 Å². The summed E-state index contributed by atoms with van der Waals surface area (Å²) in [7, 11) is -1.10. The first kappa shape index (κ1) is 13.0. The van der Waals surface area contributed by atoms with Crippen LogP contribution in [0.5, 0.6) is 0 Å². The molecule has 0 aromatic heterocycles. The van der Waals surface area contributed by atoms with Gasteiger partial charge in [0.05, 0.1) is 12.9 Å². The largest absolute Gasteiger partial charge is 0.349 e. The first-order chi connectivity index (χ1) is 6.97. The van der Waals surface area contributed by atoms with Gasteiger partial charge in [0.15, 0.2) is 7.98 Å². The van der Waals surface area contributed by atoms with Crippen LogP contribution >= 0.6 is 0 Å². The third-order valence-corrected chi connectivity index (χ3v) is 3.49. The van der Waals surface area contributed by atoms with E-state index < -0.39 is 10.1 Å². The number of hydrogen-bond acceptors (Lipinski definition) is 4. The molecule has 0 unspecified atom stereocenters. The lowest BCUT2D eigenvalue weighted by atomic mass is 9.91. The van der Waals surface area contributed by atoms with E-state index in [1.807, 2.05) is 0 Å². The molecule has 1 rings (SSSR count). The number of nitrogens with zero attached hydrogens (tertiary/aromatic N) is 1. The maximum atomic E-state index is 10.7. The highest BCUT2D eigenvalue weighted by Gasteiger charge is 2.15. The van der Waals surface area contributed by atoms with Crippen molar-refractivity contribution in [2.75, 3.05) is 26.0 Å². The summed E-state index contributed by atoms with van der Waals surface area (Å²) in [6.45, 7) is 2.67. The Bertz CT molecular complexity index is 273. The maximum Gasteiger partial charge on any atom is 0.264 e. The van der Waals surface area contributed by atoms with Crippen LogP contribution in [-0.4, -0.2) is 47.2 Å². The molecular weight excluding hydrogens is 213 g/mol. The van der Waals surface area contributed by atoms with E-state index >= 15 is 0 Å². The standard InChI is InChI=1S/C9H20BNO3S/c1-15(12,13)14-8-2-3-9-4-6-11(10)7-5-9/h9H,2-8,10H2,1H3. The summed E-state index contributed by atoms with van der Waals surface area (Å²) in [6.07, 6.45) is 5.50. The summed E-state index contributed by atoms with van der Waals surface area (Å²) < 4.78 is 26.1. The fourth-order valence-electron chi connectivity index (χ4n) is 1.93. The van der Waals surface area contributed by atoms with E-state index in [1.165, 1.54) is 12.8 Å². The Kier molecular flexibility index (Phi) is 5.09. The lowest BCUT2D eigenvalue weighted by Crippen LogP contribution is -2.31. The molecule has 1 fully saturated rings. The van der Waals surface area contributed by atoms with Crippen molar-refractivity contribution in [3.8, 4) is 0 Å². The summed E-state index contributed by atoms with van der Waals surface area (Å²) >= 11 is 0. The Balaban J connectivity index is 2.06. The highest BCUT2D eigenvalue weighted by molar-refractivity contribution is 7.85. The van der Waals surface area contributed by atoms with Gasteiger partial charge >= 0.3 is 0 Å². The molecule has 0 atom stereocenters. The summed E-state index contributed by atoms with van der Waals surface area (Å²) in [5.41, 5.74) is 0. The van der Waals surface area contributed by atoms with Gasteiger partial charge in [0, 0.05) is 0 Å². The fraction of sp³-hybridized carbons (Fsp3) is 1.00. The van der Waals surface area contributed by atoms with E-state index in [2.05, 4.69) is 12.8 Å². The van der Waals surface area contributed by atoms with Gasteiger partial charge < -0.3 is 4.81 Å². The Morgan fingerprint density at radius 3 is 2.53 bits per heavy atom. The summed E-state index contributed by atoms with van der Waals surface area (Å²) in [4.78, 5) is 2.34. The van der Waals surface area contributed by atoms with Crippen molar-refractivity contribution in [3.05, 3.63) is 0 Å². The molecule has 1 aliphatic heterocycles. The average molecular weight is 233 g/mol. The van der Waals surface area contributed by atoms with Crippen LogP contribution in [-0.2, 0) is 14.3 Å². The molecule has 0 saturated carbocycles. The van der Waals surface area contributed by atoms with Gasteiger partial charge in [-0.25, -0.2) is 0 Å². The topological polar surface area (TPSA) is 46.6 Å². The summed E-state index contributed by atoms with van der Waals surface area (Å²) in [6, 6.07) is 0. The zero-order valence-corrected chi connectivity index (χ0v) is 10.4. The number of hydrogen-bond donors (Lipinski definition) is 0.